The van der Waals surface area contributed by atoms with Crippen molar-refractivity contribution in [2.75, 3.05) is 0 Å². The summed E-state index contributed by atoms with van der Waals surface area (Å²) in [5, 5.41) is 0. The van der Waals surface area contributed by atoms with E-state index < -0.39 is 0 Å². The van der Waals surface area contributed by atoms with Crippen molar-refractivity contribution in [1.29, 1.82) is 0 Å². The summed E-state index contributed by atoms with van der Waals surface area (Å²) in [6, 6.07) is 10.3. The normalized spacial score (nSPS) is 10.9. The van der Waals surface area contributed by atoms with Crippen molar-refractivity contribution in [2.45, 2.75) is 0 Å². The first-order valence-corrected chi connectivity index (χ1v) is 7.23. The third-order valence-corrected chi connectivity index (χ3v) is 5.66. The molecule has 1 aromatic carbocycles. The van der Waals surface area contributed by atoms with Gasteiger partial charge in [-0.25, -0.2) is 0 Å². The van der Waals surface area contributed by atoms with Gasteiger partial charge >= 0.3 is 98.6 Å². The minimum atomic E-state index is 0.427. The van der Waals surface area contributed by atoms with Crippen molar-refractivity contribution in [3.63, 3.8) is 0 Å². The second kappa shape index (κ2) is 4.85. The van der Waals surface area contributed by atoms with E-state index in [1.165, 1.54) is 10.4 Å². The van der Waals surface area contributed by atoms with E-state index in [1.54, 1.807) is 11.3 Å². The Morgan fingerprint density at radius 2 is 1.93 bits per heavy atom. The first kappa shape index (κ1) is 10.1. The number of hydrogen-bond acceptors (Lipinski definition) is 2. The van der Waals surface area contributed by atoms with Crippen molar-refractivity contribution in [3.05, 3.63) is 48.4 Å². The summed E-state index contributed by atoms with van der Waals surface area (Å²) in [7, 11) is 0. The van der Waals surface area contributed by atoms with Gasteiger partial charge in [0.1, 0.15) is 0 Å². The van der Waals surface area contributed by atoms with Gasteiger partial charge in [0.2, 0.25) is 0 Å². The molecule has 2 aromatic rings. The molecule has 0 bridgehead atoms. The predicted molar refractivity (Wildman–Crippen MR) is 67.5 cm³/mol. The van der Waals surface area contributed by atoms with E-state index in [9.17, 15) is 0 Å². The van der Waals surface area contributed by atoms with Gasteiger partial charge in [0.25, 0.3) is 0 Å². The van der Waals surface area contributed by atoms with Crippen LogP contribution in [0.3, 0.4) is 0 Å². The summed E-state index contributed by atoms with van der Waals surface area (Å²) in [6.07, 6.45) is 4.27. The minimum absolute atomic E-state index is 0.427. The summed E-state index contributed by atoms with van der Waals surface area (Å²) in [5.41, 5.74) is 1.24. The second-order valence-electron chi connectivity index (χ2n) is 2.73. The van der Waals surface area contributed by atoms with Gasteiger partial charge in [-0.2, -0.15) is 0 Å². The van der Waals surface area contributed by atoms with Crippen LogP contribution in [0.4, 0.5) is 0 Å². The molecule has 0 N–H and O–H groups in total. The molecule has 0 amide bonds. The van der Waals surface area contributed by atoms with Crippen molar-refractivity contribution in [2.24, 2.45) is 0 Å². The first-order valence-electron chi connectivity index (χ1n) is 4.16. The van der Waals surface area contributed by atoms with Crippen LogP contribution in [0.15, 0.2) is 35.3 Å². The zero-order valence-corrected chi connectivity index (χ0v) is 10.7. The quantitative estimate of drug-likeness (QED) is 0.598. The molecule has 0 atom stereocenters. The van der Waals surface area contributed by atoms with Crippen LogP contribution < -0.4 is 0 Å². The van der Waals surface area contributed by atoms with Crippen molar-refractivity contribution in [3.8, 4) is 0 Å². The zero-order chi connectivity index (χ0) is 9.80. The average Bonchev–Trinajstić information content (AvgIpc) is 2.63. The Morgan fingerprint density at radius 3 is 2.57 bits per heavy atom. The summed E-state index contributed by atoms with van der Waals surface area (Å²) in [6.45, 7) is 0. The second-order valence-corrected chi connectivity index (χ2v) is 7.50. The molecular weight excluding hydrogens is 275 g/mol. The zero-order valence-electron chi connectivity index (χ0n) is 7.34. The fourth-order valence-electron chi connectivity index (χ4n) is 1.07. The van der Waals surface area contributed by atoms with Gasteiger partial charge in [-0.3, -0.25) is 0 Å². The predicted octanol–water partition coefficient (Wildman–Crippen LogP) is 3.70. The van der Waals surface area contributed by atoms with E-state index in [0.717, 1.165) is 2.70 Å². The molecule has 0 unspecified atom stereocenters. The molecule has 14 heavy (non-hydrogen) atoms. The molecule has 0 nitrogen and oxygen atoms in total. The topological polar surface area (TPSA) is 0 Å². The molecule has 1 heterocycles. The molecule has 0 fully saturated rings. The fraction of sp³-hybridized carbons (Fsp3) is 0. The van der Waals surface area contributed by atoms with Gasteiger partial charge in [-0.05, 0) is 0 Å². The Balaban J connectivity index is 2.19. The molecular formula is C11H8S2Se. The van der Waals surface area contributed by atoms with Crippen molar-refractivity contribution in [1.82, 2.24) is 0 Å². The third kappa shape index (κ3) is 2.76. The summed E-state index contributed by atoms with van der Waals surface area (Å²) in [4.78, 5) is 3.53. The van der Waals surface area contributed by atoms with Crippen LogP contribution in [0.5, 0.6) is 0 Å². The molecule has 0 saturated carbocycles. The van der Waals surface area contributed by atoms with E-state index >= 15 is 0 Å². The van der Waals surface area contributed by atoms with Crippen LogP contribution in [-0.2, 0) is 0 Å². The standard InChI is InChI=1S/C11H8S2Se/c12-11-13-10(8-14-11)7-6-9-4-2-1-3-5-9/h1-8H/b7-6+. The Morgan fingerprint density at radius 1 is 1.14 bits per heavy atom. The van der Waals surface area contributed by atoms with E-state index in [1.807, 2.05) is 18.2 Å². The Kier molecular flexibility index (Phi) is 3.49. The van der Waals surface area contributed by atoms with E-state index in [0.29, 0.717) is 14.5 Å². The van der Waals surface area contributed by atoms with Gasteiger partial charge in [0.15, 0.2) is 0 Å². The Labute approximate surface area is 98.3 Å². The maximum atomic E-state index is 5.13. The van der Waals surface area contributed by atoms with E-state index in [2.05, 4.69) is 29.2 Å². The van der Waals surface area contributed by atoms with E-state index in [4.69, 9.17) is 12.2 Å². The molecule has 70 valence electrons. The van der Waals surface area contributed by atoms with Crippen LogP contribution in [0.2, 0.25) is 0 Å². The van der Waals surface area contributed by atoms with E-state index in [-0.39, 0.29) is 0 Å². The molecule has 0 saturated heterocycles. The first-order chi connectivity index (χ1) is 6.84. The number of benzene rings is 1. The van der Waals surface area contributed by atoms with Gasteiger partial charge < -0.3 is 0 Å². The average molecular weight is 283 g/mol. The number of hydrogen-bond donors (Lipinski definition) is 0. The molecule has 0 aliphatic carbocycles. The molecule has 2 rings (SSSR count). The van der Waals surface area contributed by atoms with Crippen LogP contribution in [-0.4, -0.2) is 14.5 Å². The third-order valence-electron chi connectivity index (χ3n) is 1.71. The molecule has 3 heteroatoms. The Hall–Kier alpha value is -0.471. The SMILES string of the molecule is S=c1sc(/C=C/c2ccccc2)c[se]1. The van der Waals surface area contributed by atoms with Gasteiger partial charge in [-0.15, -0.1) is 0 Å². The van der Waals surface area contributed by atoms with Crippen molar-refractivity contribution < 1.29 is 0 Å². The molecule has 0 aliphatic heterocycles. The van der Waals surface area contributed by atoms with Gasteiger partial charge in [0.05, 0.1) is 0 Å². The van der Waals surface area contributed by atoms with Crippen LogP contribution >= 0.6 is 23.6 Å². The fourth-order valence-corrected chi connectivity index (χ4v) is 4.35. The molecule has 0 spiro atoms. The van der Waals surface area contributed by atoms with Crippen LogP contribution in [0.25, 0.3) is 12.2 Å². The number of rotatable bonds is 2. The Bertz CT molecular complexity index is 479. The molecule has 1 aromatic heterocycles. The summed E-state index contributed by atoms with van der Waals surface area (Å²) in [5.74, 6) is 0. The summed E-state index contributed by atoms with van der Waals surface area (Å²) < 4.78 is 1.13. The van der Waals surface area contributed by atoms with Crippen LogP contribution in [0, 0.1) is 2.70 Å². The molecule has 0 aliphatic rings. The van der Waals surface area contributed by atoms with Gasteiger partial charge in [0, 0.05) is 0 Å². The van der Waals surface area contributed by atoms with Crippen molar-refractivity contribution >= 4 is 50.2 Å². The van der Waals surface area contributed by atoms with Crippen LogP contribution in [0.1, 0.15) is 10.4 Å². The molecule has 0 radical (unpaired) electrons. The van der Waals surface area contributed by atoms with Gasteiger partial charge in [-0.1, -0.05) is 0 Å². The maximum absolute atomic E-state index is 5.13. The summed E-state index contributed by atoms with van der Waals surface area (Å²) >= 11 is 7.28. The monoisotopic (exact) mass is 284 g/mol.